The molecular formula is C24H22F3N3O3. The molecule has 9 heteroatoms. The lowest BCUT2D eigenvalue weighted by molar-refractivity contribution is -0.119. The van der Waals surface area contributed by atoms with Gasteiger partial charge in [0.05, 0.1) is 25.0 Å². The number of rotatable bonds is 8. The number of carbonyl (C=O) groups is 2. The van der Waals surface area contributed by atoms with Crippen molar-refractivity contribution in [2.24, 2.45) is 0 Å². The second-order valence-electron chi connectivity index (χ2n) is 7.19. The minimum Gasteiger partial charge on any atom is -0.495 e. The lowest BCUT2D eigenvalue weighted by atomic mass is 10.1. The van der Waals surface area contributed by atoms with Crippen LogP contribution in [-0.4, -0.2) is 25.5 Å². The van der Waals surface area contributed by atoms with Crippen molar-refractivity contribution in [3.8, 4) is 5.75 Å². The van der Waals surface area contributed by atoms with Crippen molar-refractivity contribution in [1.29, 1.82) is 0 Å². The maximum Gasteiger partial charge on any atom is 0.246 e. The smallest absolute Gasteiger partial charge is 0.246 e. The van der Waals surface area contributed by atoms with Gasteiger partial charge >= 0.3 is 0 Å². The number of amides is 2. The average Bonchev–Trinajstić information content (AvgIpc) is 2.80. The van der Waals surface area contributed by atoms with Gasteiger partial charge in [0.1, 0.15) is 11.8 Å². The third-order valence-corrected chi connectivity index (χ3v) is 4.78. The molecule has 0 heterocycles. The topological polar surface area (TPSA) is 79.5 Å². The number of anilines is 2. The minimum atomic E-state index is -1.69. The number of aryl methyl sites for hydroxylation is 1. The van der Waals surface area contributed by atoms with Gasteiger partial charge in [0.2, 0.25) is 11.8 Å². The number of nitrogens with one attached hydrogen (secondary N) is 3. The first kappa shape index (κ1) is 23.8. The zero-order chi connectivity index (χ0) is 24.0. The average molecular weight is 457 g/mol. The van der Waals surface area contributed by atoms with E-state index in [2.05, 4.69) is 16.0 Å². The SMILES string of the molecule is COc1ccc(C)cc1NC(=O)C(NCC(=O)Nc1ccc(F)c(F)c1F)c1ccccc1. The van der Waals surface area contributed by atoms with Gasteiger partial charge in [0.25, 0.3) is 0 Å². The van der Waals surface area contributed by atoms with Crippen molar-refractivity contribution in [2.75, 3.05) is 24.3 Å². The molecule has 0 saturated carbocycles. The van der Waals surface area contributed by atoms with Crippen LogP contribution in [0.5, 0.6) is 5.75 Å². The minimum absolute atomic E-state index is 0.406. The van der Waals surface area contributed by atoms with Crippen molar-refractivity contribution >= 4 is 23.2 Å². The molecule has 0 spiro atoms. The molecule has 0 saturated heterocycles. The zero-order valence-corrected chi connectivity index (χ0v) is 17.9. The largest absolute Gasteiger partial charge is 0.495 e. The molecule has 0 aromatic heterocycles. The van der Waals surface area contributed by atoms with Crippen LogP contribution in [0.2, 0.25) is 0 Å². The summed E-state index contributed by atoms with van der Waals surface area (Å²) in [7, 11) is 1.48. The molecule has 33 heavy (non-hydrogen) atoms. The van der Waals surface area contributed by atoms with Crippen LogP contribution in [0.4, 0.5) is 24.5 Å². The molecule has 172 valence electrons. The van der Waals surface area contributed by atoms with E-state index in [4.69, 9.17) is 4.74 Å². The Morgan fingerprint density at radius 1 is 0.909 bits per heavy atom. The molecule has 0 fully saturated rings. The molecular weight excluding hydrogens is 435 g/mol. The Kier molecular flexibility index (Phi) is 7.68. The molecule has 3 aromatic rings. The van der Waals surface area contributed by atoms with E-state index in [1.807, 2.05) is 13.0 Å². The fourth-order valence-electron chi connectivity index (χ4n) is 3.14. The Hall–Kier alpha value is -3.85. The van der Waals surface area contributed by atoms with Gasteiger partial charge in [0.15, 0.2) is 17.5 Å². The Bertz CT molecular complexity index is 1160. The summed E-state index contributed by atoms with van der Waals surface area (Å²) in [5.74, 6) is -5.30. The molecule has 0 radical (unpaired) electrons. The summed E-state index contributed by atoms with van der Waals surface area (Å²) in [5, 5.41) is 7.77. The fourth-order valence-corrected chi connectivity index (χ4v) is 3.14. The first-order valence-electron chi connectivity index (χ1n) is 9.97. The predicted molar refractivity (Wildman–Crippen MR) is 118 cm³/mol. The molecule has 3 N–H and O–H groups in total. The summed E-state index contributed by atoms with van der Waals surface area (Å²) < 4.78 is 45.6. The Labute approximate surface area is 188 Å². The molecule has 0 aliphatic carbocycles. The van der Waals surface area contributed by atoms with Crippen LogP contribution >= 0.6 is 0 Å². The summed E-state index contributed by atoms with van der Waals surface area (Å²) in [4.78, 5) is 25.4. The lowest BCUT2D eigenvalue weighted by Gasteiger charge is -2.20. The normalized spacial score (nSPS) is 11.5. The summed E-state index contributed by atoms with van der Waals surface area (Å²) >= 11 is 0. The van der Waals surface area contributed by atoms with Crippen molar-refractivity contribution in [3.05, 3.63) is 89.2 Å². The Morgan fingerprint density at radius 2 is 1.64 bits per heavy atom. The summed E-state index contributed by atoms with van der Waals surface area (Å²) in [5.41, 5.74) is 1.43. The third-order valence-electron chi connectivity index (χ3n) is 4.78. The van der Waals surface area contributed by atoms with Gasteiger partial charge in [-0.05, 0) is 42.3 Å². The van der Waals surface area contributed by atoms with E-state index in [0.29, 0.717) is 23.1 Å². The van der Waals surface area contributed by atoms with Crippen molar-refractivity contribution < 1.29 is 27.5 Å². The molecule has 1 atom stereocenters. The van der Waals surface area contributed by atoms with Crippen LogP contribution in [0.25, 0.3) is 0 Å². The molecule has 0 bridgehead atoms. The van der Waals surface area contributed by atoms with Crippen molar-refractivity contribution in [3.63, 3.8) is 0 Å². The van der Waals surface area contributed by atoms with Crippen molar-refractivity contribution in [2.45, 2.75) is 13.0 Å². The van der Waals surface area contributed by atoms with Gasteiger partial charge < -0.3 is 15.4 Å². The van der Waals surface area contributed by atoms with Crippen LogP contribution in [0, 0.1) is 24.4 Å². The summed E-state index contributed by atoms with van der Waals surface area (Å²) in [6.07, 6.45) is 0. The predicted octanol–water partition coefficient (Wildman–Crippen LogP) is 4.33. The molecule has 1 unspecified atom stereocenters. The zero-order valence-electron chi connectivity index (χ0n) is 17.9. The second-order valence-corrected chi connectivity index (χ2v) is 7.19. The van der Waals surface area contributed by atoms with Gasteiger partial charge in [-0.25, -0.2) is 13.2 Å². The molecule has 3 rings (SSSR count). The highest BCUT2D eigenvalue weighted by atomic mass is 19.2. The highest BCUT2D eigenvalue weighted by Crippen LogP contribution is 2.27. The van der Waals surface area contributed by atoms with E-state index in [-0.39, 0.29) is 0 Å². The quantitative estimate of drug-likeness (QED) is 0.440. The monoisotopic (exact) mass is 457 g/mol. The molecule has 0 aliphatic rings. The fraction of sp³-hybridized carbons (Fsp3) is 0.167. The van der Waals surface area contributed by atoms with Crippen LogP contribution in [-0.2, 0) is 9.59 Å². The number of carbonyl (C=O) groups excluding carboxylic acids is 2. The first-order chi connectivity index (χ1) is 15.8. The van der Waals surface area contributed by atoms with E-state index in [1.54, 1.807) is 42.5 Å². The molecule has 3 aromatic carbocycles. The molecule has 6 nitrogen and oxygen atoms in total. The summed E-state index contributed by atoms with van der Waals surface area (Å²) in [6, 6.07) is 14.6. The first-order valence-corrected chi connectivity index (χ1v) is 9.97. The van der Waals surface area contributed by atoms with E-state index in [0.717, 1.165) is 11.6 Å². The van der Waals surface area contributed by atoms with Crippen LogP contribution in [0.1, 0.15) is 17.2 Å². The number of hydrogen-bond acceptors (Lipinski definition) is 4. The van der Waals surface area contributed by atoms with Gasteiger partial charge in [-0.2, -0.15) is 0 Å². The lowest BCUT2D eigenvalue weighted by Crippen LogP contribution is -2.38. The standard InChI is InChI=1S/C24H22F3N3O3/c1-14-8-11-19(33-2)18(12-14)30-24(32)23(15-6-4-3-5-7-15)28-13-20(31)29-17-10-9-16(25)21(26)22(17)27/h3-12,23,28H,13H2,1-2H3,(H,29,31)(H,30,32). The number of methoxy groups -OCH3 is 1. The number of ether oxygens (including phenoxy) is 1. The van der Waals surface area contributed by atoms with Gasteiger partial charge in [-0.1, -0.05) is 36.4 Å². The van der Waals surface area contributed by atoms with E-state index in [1.165, 1.54) is 7.11 Å². The van der Waals surface area contributed by atoms with Crippen molar-refractivity contribution in [1.82, 2.24) is 5.32 Å². The summed E-state index contributed by atoms with van der Waals surface area (Å²) in [6.45, 7) is 1.46. The molecule has 2 amide bonds. The van der Waals surface area contributed by atoms with E-state index in [9.17, 15) is 22.8 Å². The number of hydrogen-bond donors (Lipinski definition) is 3. The van der Waals surface area contributed by atoms with Crippen LogP contribution in [0.15, 0.2) is 60.7 Å². The number of benzene rings is 3. The van der Waals surface area contributed by atoms with Gasteiger partial charge in [0, 0.05) is 0 Å². The molecule has 0 aliphatic heterocycles. The number of halogens is 3. The van der Waals surface area contributed by atoms with E-state index < -0.39 is 47.5 Å². The highest BCUT2D eigenvalue weighted by molar-refractivity contribution is 5.98. The second kappa shape index (κ2) is 10.6. The maximum absolute atomic E-state index is 13.8. The Balaban J connectivity index is 1.75. The highest BCUT2D eigenvalue weighted by Gasteiger charge is 2.23. The Morgan fingerprint density at radius 3 is 2.33 bits per heavy atom. The van der Waals surface area contributed by atoms with Crippen LogP contribution in [0.3, 0.4) is 0 Å². The van der Waals surface area contributed by atoms with Gasteiger partial charge in [-0.3, -0.25) is 14.9 Å². The van der Waals surface area contributed by atoms with E-state index >= 15 is 0 Å². The third kappa shape index (κ3) is 5.89. The van der Waals surface area contributed by atoms with Gasteiger partial charge in [-0.15, -0.1) is 0 Å². The maximum atomic E-state index is 13.8. The van der Waals surface area contributed by atoms with Crippen LogP contribution < -0.4 is 20.7 Å².